The summed E-state index contributed by atoms with van der Waals surface area (Å²) in [6, 6.07) is 3.77. The molecule has 0 aliphatic carbocycles. The van der Waals surface area contributed by atoms with Gasteiger partial charge in [0.05, 0.1) is 12.3 Å². The van der Waals surface area contributed by atoms with Gasteiger partial charge in [-0.2, -0.15) is 0 Å². The molecule has 78 valence electrons. The van der Waals surface area contributed by atoms with E-state index in [4.69, 9.17) is 4.74 Å². The number of hydrogen-bond acceptors (Lipinski definition) is 2. The fourth-order valence-corrected chi connectivity index (χ4v) is 1.41. The molecule has 0 amide bonds. The van der Waals surface area contributed by atoms with E-state index in [0.29, 0.717) is 13.0 Å². The first kappa shape index (κ1) is 11.0. The van der Waals surface area contributed by atoms with Crippen molar-refractivity contribution in [3.63, 3.8) is 0 Å². The summed E-state index contributed by atoms with van der Waals surface area (Å²) < 4.78 is 6.92. The van der Waals surface area contributed by atoms with E-state index < -0.39 is 0 Å². The molecule has 0 saturated heterocycles. The predicted octanol–water partition coefficient (Wildman–Crippen LogP) is 2.12. The van der Waals surface area contributed by atoms with Gasteiger partial charge in [0.15, 0.2) is 5.78 Å². The highest BCUT2D eigenvalue weighted by Gasteiger charge is 2.08. The minimum absolute atomic E-state index is 0.216. The fraction of sp³-hybridized carbons (Fsp3) is 0.545. The van der Waals surface area contributed by atoms with Gasteiger partial charge < -0.3 is 9.30 Å². The Kier molecular flexibility index (Phi) is 4.40. The zero-order valence-electron chi connectivity index (χ0n) is 8.82. The lowest BCUT2D eigenvalue weighted by Gasteiger charge is -2.06. The van der Waals surface area contributed by atoms with Crippen LogP contribution in [0, 0.1) is 0 Å². The maximum atomic E-state index is 11.6. The van der Waals surface area contributed by atoms with Crippen molar-refractivity contribution < 1.29 is 9.53 Å². The number of ether oxygens (including phenoxy) is 1. The third kappa shape index (κ3) is 2.70. The SMILES string of the molecule is CCCC(=O)c1cccn1CCOC. The summed E-state index contributed by atoms with van der Waals surface area (Å²) in [4.78, 5) is 11.6. The normalized spacial score (nSPS) is 10.4. The third-order valence-corrected chi connectivity index (χ3v) is 2.13. The van der Waals surface area contributed by atoms with Gasteiger partial charge in [0.1, 0.15) is 0 Å². The number of hydrogen-bond donors (Lipinski definition) is 0. The molecule has 1 heterocycles. The number of methoxy groups -OCH3 is 1. The van der Waals surface area contributed by atoms with Crippen molar-refractivity contribution in [2.45, 2.75) is 26.3 Å². The minimum atomic E-state index is 0.216. The highest BCUT2D eigenvalue weighted by atomic mass is 16.5. The van der Waals surface area contributed by atoms with Crippen LogP contribution < -0.4 is 0 Å². The summed E-state index contributed by atoms with van der Waals surface area (Å²) in [6.07, 6.45) is 3.44. The van der Waals surface area contributed by atoms with Gasteiger partial charge in [-0.05, 0) is 18.6 Å². The molecule has 14 heavy (non-hydrogen) atoms. The van der Waals surface area contributed by atoms with Crippen LogP contribution in [0.15, 0.2) is 18.3 Å². The largest absolute Gasteiger partial charge is 0.383 e. The number of aromatic nitrogens is 1. The second-order valence-electron chi connectivity index (χ2n) is 3.25. The smallest absolute Gasteiger partial charge is 0.179 e. The molecular weight excluding hydrogens is 178 g/mol. The Morgan fingerprint density at radius 2 is 2.36 bits per heavy atom. The first-order chi connectivity index (χ1) is 6.79. The summed E-state index contributed by atoms with van der Waals surface area (Å²) in [6.45, 7) is 3.40. The van der Waals surface area contributed by atoms with Gasteiger partial charge in [0, 0.05) is 26.3 Å². The maximum Gasteiger partial charge on any atom is 0.179 e. The van der Waals surface area contributed by atoms with E-state index >= 15 is 0 Å². The Bertz CT molecular complexity index is 291. The Labute approximate surface area is 84.7 Å². The molecule has 0 spiro atoms. The van der Waals surface area contributed by atoms with E-state index in [2.05, 4.69) is 0 Å². The van der Waals surface area contributed by atoms with Gasteiger partial charge in [-0.15, -0.1) is 0 Å². The van der Waals surface area contributed by atoms with E-state index in [0.717, 1.165) is 18.7 Å². The molecule has 1 aromatic heterocycles. The number of ketones is 1. The van der Waals surface area contributed by atoms with E-state index in [9.17, 15) is 4.79 Å². The van der Waals surface area contributed by atoms with Crippen LogP contribution in [0.1, 0.15) is 30.3 Å². The summed E-state index contributed by atoms with van der Waals surface area (Å²) in [5.41, 5.74) is 0.795. The van der Waals surface area contributed by atoms with Crippen molar-refractivity contribution >= 4 is 5.78 Å². The zero-order valence-corrected chi connectivity index (χ0v) is 8.82. The van der Waals surface area contributed by atoms with Gasteiger partial charge in [-0.1, -0.05) is 6.92 Å². The molecule has 0 aromatic carbocycles. The van der Waals surface area contributed by atoms with Crippen LogP contribution in [0.2, 0.25) is 0 Å². The molecule has 0 fully saturated rings. The van der Waals surface area contributed by atoms with E-state index in [1.807, 2.05) is 29.8 Å². The molecule has 0 atom stereocenters. The Morgan fingerprint density at radius 1 is 1.57 bits per heavy atom. The molecule has 0 N–H and O–H groups in total. The van der Waals surface area contributed by atoms with Crippen molar-refractivity contribution in [2.75, 3.05) is 13.7 Å². The Morgan fingerprint density at radius 3 is 3.00 bits per heavy atom. The number of Topliss-reactive ketones (excluding diaryl/α,β-unsaturated/α-hetero) is 1. The first-order valence-corrected chi connectivity index (χ1v) is 4.97. The van der Waals surface area contributed by atoms with E-state index in [1.54, 1.807) is 7.11 Å². The summed E-state index contributed by atoms with van der Waals surface area (Å²) in [5, 5.41) is 0. The van der Waals surface area contributed by atoms with Gasteiger partial charge in [-0.25, -0.2) is 0 Å². The molecular formula is C11H17NO2. The quantitative estimate of drug-likeness (QED) is 0.651. The van der Waals surface area contributed by atoms with Crippen LogP contribution in [-0.2, 0) is 11.3 Å². The molecule has 1 aromatic rings. The fourth-order valence-electron chi connectivity index (χ4n) is 1.41. The van der Waals surface area contributed by atoms with E-state index in [1.165, 1.54) is 0 Å². The number of rotatable bonds is 6. The molecule has 0 bridgehead atoms. The molecule has 0 radical (unpaired) electrons. The van der Waals surface area contributed by atoms with Crippen LogP contribution in [0.3, 0.4) is 0 Å². The molecule has 3 nitrogen and oxygen atoms in total. The second-order valence-corrected chi connectivity index (χ2v) is 3.25. The lowest BCUT2D eigenvalue weighted by Crippen LogP contribution is -2.11. The molecule has 0 unspecified atom stereocenters. The molecule has 0 saturated carbocycles. The zero-order chi connectivity index (χ0) is 10.4. The van der Waals surface area contributed by atoms with Gasteiger partial charge >= 0.3 is 0 Å². The van der Waals surface area contributed by atoms with E-state index in [-0.39, 0.29) is 5.78 Å². The third-order valence-electron chi connectivity index (χ3n) is 2.13. The van der Waals surface area contributed by atoms with Crippen LogP contribution in [0.25, 0.3) is 0 Å². The lowest BCUT2D eigenvalue weighted by molar-refractivity contribution is 0.0970. The van der Waals surface area contributed by atoms with Crippen molar-refractivity contribution in [1.82, 2.24) is 4.57 Å². The van der Waals surface area contributed by atoms with Gasteiger partial charge in [0.2, 0.25) is 0 Å². The van der Waals surface area contributed by atoms with Crippen molar-refractivity contribution in [3.05, 3.63) is 24.0 Å². The topological polar surface area (TPSA) is 31.2 Å². The molecule has 0 aliphatic rings. The standard InChI is InChI=1S/C11H17NO2/c1-3-5-11(13)10-6-4-7-12(10)8-9-14-2/h4,6-7H,3,5,8-9H2,1-2H3. The predicted molar refractivity (Wildman–Crippen MR) is 55.5 cm³/mol. The monoisotopic (exact) mass is 195 g/mol. The van der Waals surface area contributed by atoms with Gasteiger partial charge in [-0.3, -0.25) is 4.79 Å². The van der Waals surface area contributed by atoms with Crippen LogP contribution in [0.5, 0.6) is 0 Å². The van der Waals surface area contributed by atoms with Crippen molar-refractivity contribution in [1.29, 1.82) is 0 Å². The van der Waals surface area contributed by atoms with Crippen molar-refractivity contribution in [2.24, 2.45) is 0 Å². The highest BCUT2D eigenvalue weighted by molar-refractivity contribution is 5.94. The second kappa shape index (κ2) is 5.60. The Balaban J connectivity index is 2.66. The van der Waals surface area contributed by atoms with Gasteiger partial charge in [0.25, 0.3) is 0 Å². The Hall–Kier alpha value is -1.09. The molecule has 1 rings (SSSR count). The van der Waals surface area contributed by atoms with Crippen LogP contribution in [0.4, 0.5) is 0 Å². The maximum absolute atomic E-state index is 11.6. The summed E-state index contributed by atoms with van der Waals surface area (Å²) in [5.74, 6) is 0.216. The summed E-state index contributed by atoms with van der Waals surface area (Å²) in [7, 11) is 1.66. The van der Waals surface area contributed by atoms with Crippen LogP contribution >= 0.6 is 0 Å². The van der Waals surface area contributed by atoms with Crippen molar-refractivity contribution in [3.8, 4) is 0 Å². The average Bonchev–Trinajstić information content (AvgIpc) is 2.63. The number of carbonyl (C=O) groups excluding carboxylic acids is 1. The first-order valence-electron chi connectivity index (χ1n) is 4.97. The molecule has 0 aliphatic heterocycles. The highest BCUT2D eigenvalue weighted by Crippen LogP contribution is 2.07. The number of nitrogens with zero attached hydrogens (tertiary/aromatic N) is 1. The minimum Gasteiger partial charge on any atom is -0.383 e. The molecule has 3 heteroatoms. The lowest BCUT2D eigenvalue weighted by atomic mass is 10.2. The number of carbonyl (C=O) groups is 1. The van der Waals surface area contributed by atoms with Crippen LogP contribution in [-0.4, -0.2) is 24.1 Å². The summed E-state index contributed by atoms with van der Waals surface area (Å²) >= 11 is 0. The average molecular weight is 195 g/mol.